The zero-order chi connectivity index (χ0) is 18.4. The zero-order valence-electron chi connectivity index (χ0n) is 14.5. The lowest BCUT2D eigenvalue weighted by atomic mass is 10.2. The highest BCUT2D eigenvalue weighted by atomic mass is 16.5. The number of benzene rings is 2. The Bertz CT molecular complexity index is 895. The van der Waals surface area contributed by atoms with Crippen LogP contribution in [0.5, 0.6) is 11.5 Å². The number of hydrogen-bond donors (Lipinski definition) is 2. The van der Waals surface area contributed by atoms with Gasteiger partial charge in [-0.1, -0.05) is 12.1 Å². The molecule has 0 aliphatic carbocycles. The highest BCUT2D eigenvalue weighted by Crippen LogP contribution is 2.21. The summed E-state index contributed by atoms with van der Waals surface area (Å²) >= 11 is 0. The molecule has 0 aliphatic heterocycles. The van der Waals surface area contributed by atoms with Crippen molar-refractivity contribution in [2.45, 2.75) is 0 Å². The molecule has 0 aliphatic rings. The number of anilines is 3. The summed E-state index contributed by atoms with van der Waals surface area (Å²) < 4.78 is 10.3. The lowest BCUT2D eigenvalue weighted by Gasteiger charge is -2.09. The molecule has 6 heteroatoms. The van der Waals surface area contributed by atoms with Crippen LogP contribution in [0.15, 0.2) is 66.9 Å². The van der Waals surface area contributed by atoms with Crippen LogP contribution in [-0.4, -0.2) is 25.1 Å². The van der Waals surface area contributed by atoms with Crippen LogP contribution in [0.1, 0.15) is 10.5 Å². The molecule has 3 aromatic rings. The maximum absolute atomic E-state index is 12.3. The number of nitrogens with zero attached hydrogens (tertiary/aromatic N) is 1. The Labute approximate surface area is 151 Å². The van der Waals surface area contributed by atoms with E-state index in [1.807, 2.05) is 36.4 Å². The number of methoxy groups -OCH3 is 2. The van der Waals surface area contributed by atoms with E-state index in [4.69, 9.17) is 9.47 Å². The lowest BCUT2D eigenvalue weighted by molar-refractivity contribution is 0.102. The molecule has 0 unspecified atom stereocenters. The van der Waals surface area contributed by atoms with Gasteiger partial charge in [-0.15, -0.1) is 0 Å². The van der Waals surface area contributed by atoms with Crippen LogP contribution in [0, 0.1) is 0 Å². The van der Waals surface area contributed by atoms with Crippen LogP contribution < -0.4 is 20.1 Å². The van der Waals surface area contributed by atoms with E-state index in [9.17, 15) is 4.79 Å². The SMILES string of the molecule is COc1cccc(NC(=O)c2ccc(Nc3cccc(OC)c3)cn2)c1. The van der Waals surface area contributed by atoms with Gasteiger partial charge in [0, 0.05) is 23.5 Å². The first-order chi connectivity index (χ1) is 12.7. The van der Waals surface area contributed by atoms with Crippen molar-refractivity contribution in [1.29, 1.82) is 0 Å². The van der Waals surface area contributed by atoms with Crippen molar-refractivity contribution >= 4 is 23.0 Å². The van der Waals surface area contributed by atoms with E-state index in [1.54, 1.807) is 44.7 Å². The van der Waals surface area contributed by atoms with E-state index < -0.39 is 0 Å². The van der Waals surface area contributed by atoms with Gasteiger partial charge in [-0.3, -0.25) is 4.79 Å². The Kier molecular flexibility index (Phi) is 5.34. The molecular weight excluding hydrogens is 330 g/mol. The second-order valence-electron chi connectivity index (χ2n) is 5.48. The third kappa shape index (κ3) is 4.30. The van der Waals surface area contributed by atoms with Crippen molar-refractivity contribution < 1.29 is 14.3 Å². The first-order valence-corrected chi connectivity index (χ1v) is 8.00. The van der Waals surface area contributed by atoms with Gasteiger partial charge < -0.3 is 20.1 Å². The molecule has 6 nitrogen and oxygen atoms in total. The van der Waals surface area contributed by atoms with Gasteiger partial charge >= 0.3 is 0 Å². The summed E-state index contributed by atoms with van der Waals surface area (Å²) in [6, 6.07) is 18.2. The summed E-state index contributed by atoms with van der Waals surface area (Å²) in [5, 5.41) is 6.02. The van der Waals surface area contributed by atoms with E-state index in [-0.39, 0.29) is 5.91 Å². The average molecular weight is 349 g/mol. The molecule has 0 saturated heterocycles. The lowest BCUT2D eigenvalue weighted by Crippen LogP contribution is -2.13. The molecule has 1 aromatic heterocycles. The molecule has 26 heavy (non-hydrogen) atoms. The standard InChI is InChI=1S/C20H19N3O3/c1-25-17-7-3-5-14(11-17)22-16-9-10-19(21-13-16)20(24)23-15-6-4-8-18(12-15)26-2/h3-13,22H,1-2H3,(H,23,24). The third-order valence-corrected chi connectivity index (χ3v) is 3.68. The van der Waals surface area contributed by atoms with Gasteiger partial charge in [0.25, 0.3) is 5.91 Å². The topological polar surface area (TPSA) is 72.5 Å². The minimum atomic E-state index is -0.286. The Morgan fingerprint density at radius 1 is 0.846 bits per heavy atom. The van der Waals surface area contributed by atoms with Crippen molar-refractivity contribution in [3.63, 3.8) is 0 Å². The smallest absolute Gasteiger partial charge is 0.274 e. The molecule has 1 amide bonds. The van der Waals surface area contributed by atoms with Gasteiger partial charge in [-0.25, -0.2) is 4.98 Å². The Balaban J connectivity index is 1.67. The number of amides is 1. The third-order valence-electron chi connectivity index (χ3n) is 3.68. The molecule has 0 fully saturated rings. The summed E-state index contributed by atoms with van der Waals surface area (Å²) in [5.74, 6) is 1.15. The highest BCUT2D eigenvalue weighted by Gasteiger charge is 2.08. The van der Waals surface area contributed by atoms with Gasteiger partial charge in [0.1, 0.15) is 17.2 Å². The van der Waals surface area contributed by atoms with Gasteiger partial charge in [-0.05, 0) is 36.4 Å². The molecule has 1 heterocycles. The van der Waals surface area contributed by atoms with Crippen LogP contribution in [0.2, 0.25) is 0 Å². The maximum atomic E-state index is 12.3. The van der Waals surface area contributed by atoms with Crippen molar-refractivity contribution in [2.24, 2.45) is 0 Å². The number of carbonyl (C=O) groups is 1. The van der Waals surface area contributed by atoms with E-state index in [0.29, 0.717) is 17.1 Å². The number of aromatic nitrogens is 1. The first kappa shape index (κ1) is 17.3. The molecule has 132 valence electrons. The van der Waals surface area contributed by atoms with Crippen LogP contribution >= 0.6 is 0 Å². The van der Waals surface area contributed by atoms with Gasteiger partial charge in [0.05, 0.1) is 26.1 Å². The quantitative estimate of drug-likeness (QED) is 0.701. The van der Waals surface area contributed by atoms with E-state index >= 15 is 0 Å². The van der Waals surface area contributed by atoms with Crippen LogP contribution in [0.3, 0.4) is 0 Å². The summed E-state index contributed by atoms with van der Waals surface area (Å²) in [4.78, 5) is 16.5. The minimum absolute atomic E-state index is 0.286. The van der Waals surface area contributed by atoms with Crippen LogP contribution in [0.4, 0.5) is 17.1 Å². The molecule has 0 atom stereocenters. The van der Waals surface area contributed by atoms with Crippen molar-refractivity contribution in [1.82, 2.24) is 4.98 Å². The number of pyridine rings is 1. The van der Waals surface area contributed by atoms with Crippen LogP contribution in [-0.2, 0) is 0 Å². The Hall–Kier alpha value is -3.54. The van der Waals surface area contributed by atoms with E-state index in [0.717, 1.165) is 17.1 Å². The number of carbonyl (C=O) groups excluding carboxylic acids is 1. The van der Waals surface area contributed by atoms with Crippen molar-refractivity contribution in [3.8, 4) is 11.5 Å². The molecule has 2 aromatic carbocycles. The molecule has 0 saturated carbocycles. The number of ether oxygens (including phenoxy) is 2. The second-order valence-corrected chi connectivity index (χ2v) is 5.48. The van der Waals surface area contributed by atoms with E-state index in [1.165, 1.54) is 0 Å². The molecular formula is C20H19N3O3. The predicted octanol–water partition coefficient (Wildman–Crippen LogP) is 4.09. The molecule has 0 radical (unpaired) electrons. The van der Waals surface area contributed by atoms with Gasteiger partial charge in [0.15, 0.2) is 0 Å². The average Bonchev–Trinajstić information content (AvgIpc) is 2.69. The van der Waals surface area contributed by atoms with Gasteiger partial charge in [-0.2, -0.15) is 0 Å². The Morgan fingerprint density at radius 3 is 2.12 bits per heavy atom. The molecule has 3 rings (SSSR count). The molecule has 0 bridgehead atoms. The highest BCUT2D eigenvalue weighted by molar-refractivity contribution is 6.03. The fraction of sp³-hybridized carbons (Fsp3) is 0.100. The fourth-order valence-corrected chi connectivity index (χ4v) is 2.37. The second kappa shape index (κ2) is 8.02. The maximum Gasteiger partial charge on any atom is 0.274 e. The van der Waals surface area contributed by atoms with E-state index in [2.05, 4.69) is 15.6 Å². The number of nitrogens with one attached hydrogen (secondary N) is 2. The summed E-state index contributed by atoms with van der Waals surface area (Å²) in [6.45, 7) is 0. The number of hydrogen-bond acceptors (Lipinski definition) is 5. The monoisotopic (exact) mass is 349 g/mol. The fourth-order valence-electron chi connectivity index (χ4n) is 2.37. The van der Waals surface area contributed by atoms with Crippen molar-refractivity contribution in [2.75, 3.05) is 24.9 Å². The molecule has 2 N–H and O–H groups in total. The minimum Gasteiger partial charge on any atom is -0.497 e. The first-order valence-electron chi connectivity index (χ1n) is 8.00. The number of rotatable bonds is 6. The largest absolute Gasteiger partial charge is 0.497 e. The van der Waals surface area contributed by atoms with Gasteiger partial charge in [0.2, 0.25) is 0 Å². The van der Waals surface area contributed by atoms with Crippen LogP contribution in [0.25, 0.3) is 0 Å². The normalized spacial score (nSPS) is 10.1. The predicted molar refractivity (Wildman–Crippen MR) is 101 cm³/mol. The summed E-state index contributed by atoms with van der Waals surface area (Å²) in [7, 11) is 3.20. The summed E-state index contributed by atoms with van der Waals surface area (Å²) in [5.41, 5.74) is 2.62. The summed E-state index contributed by atoms with van der Waals surface area (Å²) in [6.07, 6.45) is 1.61. The zero-order valence-corrected chi connectivity index (χ0v) is 14.5. The molecule has 0 spiro atoms. The Morgan fingerprint density at radius 2 is 1.50 bits per heavy atom. The van der Waals surface area contributed by atoms with Crippen molar-refractivity contribution in [3.05, 3.63) is 72.6 Å².